The monoisotopic (exact) mass is 227 g/mol. The first-order chi connectivity index (χ1) is 8.31. The maximum absolute atomic E-state index is 4.92. The molecule has 0 amide bonds. The number of rotatable bonds is 3. The Labute approximate surface area is 101 Å². The molecule has 0 radical (unpaired) electrons. The van der Waals surface area contributed by atoms with Crippen molar-refractivity contribution in [2.24, 2.45) is 12.2 Å². The Kier molecular flexibility index (Phi) is 3.50. The third kappa shape index (κ3) is 2.69. The largest absolute Gasteiger partial charge is 0.399 e. The molecular weight excluding hydrogens is 212 g/mol. The van der Waals surface area contributed by atoms with Crippen molar-refractivity contribution in [3.8, 4) is 0 Å². The van der Waals surface area contributed by atoms with Crippen molar-refractivity contribution in [1.82, 2.24) is 0 Å². The van der Waals surface area contributed by atoms with Gasteiger partial charge in [0.15, 0.2) is 12.4 Å². The van der Waals surface area contributed by atoms with Crippen LogP contribution in [0.3, 0.4) is 0 Å². The molecule has 3 nitrogen and oxygen atoms in total. The lowest BCUT2D eigenvalue weighted by Gasteiger charge is -2.04. The number of nitrogens with zero attached hydrogens (tertiary/aromatic N) is 2. The number of aryl methyl sites for hydroxylation is 1. The van der Waals surface area contributed by atoms with Gasteiger partial charge in [0.2, 0.25) is 0 Å². The summed E-state index contributed by atoms with van der Waals surface area (Å²) < 4.78 is 1.99. The molecule has 0 fully saturated rings. The van der Waals surface area contributed by atoms with Crippen LogP contribution in [0.2, 0.25) is 0 Å². The fraction of sp³-hybridized carbons (Fsp3) is 0.143. The number of hydrogen-bond acceptors (Lipinski definition) is 2. The second-order valence-electron chi connectivity index (χ2n) is 3.74. The molecule has 0 aliphatic heterocycles. The molecular formula is C14H15N2O+. The molecule has 0 N–H and O–H groups in total. The SMILES string of the molecule is CO/N=C(\c1ccccc1)c1cc[n+](C)cc1. The second kappa shape index (κ2) is 5.25. The van der Waals surface area contributed by atoms with Gasteiger partial charge in [-0.1, -0.05) is 35.5 Å². The van der Waals surface area contributed by atoms with Gasteiger partial charge in [0, 0.05) is 23.3 Å². The van der Waals surface area contributed by atoms with Gasteiger partial charge in [-0.2, -0.15) is 0 Å². The third-order valence-electron chi connectivity index (χ3n) is 2.48. The molecule has 0 atom stereocenters. The maximum atomic E-state index is 4.92. The van der Waals surface area contributed by atoms with E-state index in [1.807, 2.05) is 66.5 Å². The molecule has 0 unspecified atom stereocenters. The summed E-state index contributed by atoms with van der Waals surface area (Å²) in [7, 11) is 3.55. The minimum atomic E-state index is 0.841. The molecule has 0 aliphatic rings. The summed E-state index contributed by atoms with van der Waals surface area (Å²) in [6.45, 7) is 0. The number of pyridine rings is 1. The quantitative estimate of drug-likeness (QED) is 0.447. The van der Waals surface area contributed by atoms with Crippen LogP contribution < -0.4 is 4.57 Å². The zero-order valence-corrected chi connectivity index (χ0v) is 10.00. The summed E-state index contributed by atoms with van der Waals surface area (Å²) >= 11 is 0. The summed E-state index contributed by atoms with van der Waals surface area (Å²) in [5.41, 5.74) is 2.92. The Hall–Kier alpha value is -2.16. The van der Waals surface area contributed by atoms with E-state index < -0.39 is 0 Å². The molecule has 17 heavy (non-hydrogen) atoms. The predicted octanol–water partition coefficient (Wildman–Crippen LogP) is 1.91. The summed E-state index contributed by atoms with van der Waals surface area (Å²) in [6.07, 6.45) is 3.98. The van der Waals surface area contributed by atoms with Gasteiger partial charge in [-0.3, -0.25) is 0 Å². The molecule has 1 heterocycles. The van der Waals surface area contributed by atoms with Crippen molar-refractivity contribution in [2.75, 3.05) is 7.11 Å². The van der Waals surface area contributed by atoms with Gasteiger partial charge in [-0.15, -0.1) is 0 Å². The van der Waals surface area contributed by atoms with Crippen LogP contribution >= 0.6 is 0 Å². The molecule has 86 valence electrons. The van der Waals surface area contributed by atoms with Crippen LogP contribution in [0.25, 0.3) is 0 Å². The van der Waals surface area contributed by atoms with Crippen LogP contribution in [-0.2, 0) is 11.9 Å². The van der Waals surface area contributed by atoms with Gasteiger partial charge in [0.25, 0.3) is 0 Å². The van der Waals surface area contributed by atoms with Crippen LogP contribution in [0.5, 0.6) is 0 Å². The molecule has 0 spiro atoms. The summed E-state index contributed by atoms with van der Waals surface area (Å²) in [5.74, 6) is 0. The minimum Gasteiger partial charge on any atom is -0.399 e. The first-order valence-electron chi connectivity index (χ1n) is 5.43. The lowest BCUT2D eigenvalue weighted by atomic mass is 10.0. The van der Waals surface area contributed by atoms with E-state index in [2.05, 4.69) is 5.16 Å². The lowest BCUT2D eigenvalue weighted by molar-refractivity contribution is -0.671. The Morgan fingerprint density at radius 2 is 1.59 bits per heavy atom. The first kappa shape index (κ1) is 11.3. The number of aromatic nitrogens is 1. The highest BCUT2D eigenvalue weighted by atomic mass is 16.6. The summed E-state index contributed by atoms with van der Waals surface area (Å²) in [6, 6.07) is 14.0. The normalized spacial score (nSPS) is 11.3. The van der Waals surface area contributed by atoms with Crippen molar-refractivity contribution < 1.29 is 9.40 Å². The maximum Gasteiger partial charge on any atom is 0.169 e. The highest BCUT2D eigenvalue weighted by Gasteiger charge is 2.08. The van der Waals surface area contributed by atoms with E-state index in [1.165, 1.54) is 0 Å². The Balaban J connectivity index is 2.44. The number of hydrogen-bond donors (Lipinski definition) is 0. The molecule has 0 saturated heterocycles. The topological polar surface area (TPSA) is 25.5 Å². The number of oxime groups is 1. The molecule has 0 bridgehead atoms. The van der Waals surface area contributed by atoms with Crippen LogP contribution in [0, 0.1) is 0 Å². The molecule has 1 aromatic heterocycles. The summed E-state index contributed by atoms with van der Waals surface area (Å²) in [4.78, 5) is 4.92. The Morgan fingerprint density at radius 1 is 1.00 bits per heavy atom. The van der Waals surface area contributed by atoms with Crippen molar-refractivity contribution in [1.29, 1.82) is 0 Å². The molecule has 2 rings (SSSR count). The third-order valence-corrected chi connectivity index (χ3v) is 2.48. The smallest absolute Gasteiger partial charge is 0.169 e. The predicted molar refractivity (Wildman–Crippen MR) is 66.7 cm³/mol. The second-order valence-corrected chi connectivity index (χ2v) is 3.74. The molecule has 1 aromatic carbocycles. The Bertz CT molecular complexity index is 504. The fourth-order valence-corrected chi connectivity index (χ4v) is 1.62. The van der Waals surface area contributed by atoms with Crippen molar-refractivity contribution in [3.63, 3.8) is 0 Å². The van der Waals surface area contributed by atoms with Crippen molar-refractivity contribution in [2.45, 2.75) is 0 Å². The van der Waals surface area contributed by atoms with Gasteiger partial charge in [-0.05, 0) is 0 Å². The molecule has 0 aliphatic carbocycles. The zero-order valence-electron chi connectivity index (χ0n) is 10.00. The van der Waals surface area contributed by atoms with Crippen molar-refractivity contribution >= 4 is 5.71 Å². The first-order valence-corrected chi connectivity index (χ1v) is 5.43. The van der Waals surface area contributed by atoms with Gasteiger partial charge < -0.3 is 4.84 Å². The average molecular weight is 227 g/mol. The van der Waals surface area contributed by atoms with Crippen LogP contribution in [-0.4, -0.2) is 12.8 Å². The van der Waals surface area contributed by atoms with E-state index in [0.717, 1.165) is 16.8 Å². The van der Waals surface area contributed by atoms with E-state index in [9.17, 15) is 0 Å². The molecule has 0 saturated carbocycles. The van der Waals surface area contributed by atoms with Crippen LogP contribution in [0.15, 0.2) is 60.0 Å². The Morgan fingerprint density at radius 3 is 2.18 bits per heavy atom. The zero-order chi connectivity index (χ0) is 12.1. The van der Waals surface area contributed by atoms with E-state index in [1.54, 1.807) is 7.11 Å². The van der Waals surface area contributed by atoms with Crippen LogP contribution in [0.1, 0.15) is 11.1 Å². The highest BCUT2D eigenvalue weighted by Crippen LogP contribution is 2.09. The van der Waals surface area contributed by atoms with E-state index in [4.69, 9.17) is 4.84 Å². The van der Waals surface area contributed by atoms with E-state index >= 15 is 0 Å². The van der Waals surface area contributed by atoms with E-state index in [-0.39, 0.29) is 0 Å². The lowest BCUT2D eigenvalue weighted by Crippen LogP contribution is -2.26. The van der Waals surface area contributed by atoms with Gasteiger partial charge >= 0.3 is 0 Å². The average Bonchev–Trinajstić information content (AvgIpc) is 2.38. The fourth-order valence-electron chi connectivity index (χ4n) is 1.62. The van der Waals surface area contributed by atoms with Gasteiger partial charge in [0.1, 0.15) is 19.9 Å². The molecule has 2 aromatic rings. The summed E-state index contributed by atoms with van der Waals surface area (Å²) in [5, 5.41) is 4.10. The van der Waals surface area contributed by atoms with Crippen LogP contribution in [0.4, 0.5) is 0 Å². The minimum absolute atomic E-state index is 0.841. The molecule has 3 heteroatoms. The highest BCUT2D eigenvalue weighted by molar-refractivity contribution is 6.12. The van der Waals surface area contributed by atoms with E-state index in [0.29, 0.717) is 0 Å². The number of benzene rings is 1. The van der Waals surface area contributed by atoms with Gasteiger partial charge in [-0.25, -0.2) is 4.57 Å². The standard InChI is InChI=1S/C14H15N2O/c1-16-10-8-13(9-11-16)14(15-17-2)12-6-4-3-5-7-12/h3-11H,1-2H3/q+1/b15-14+. The van der Waals surface area contributed by atoms with Gasteiger partial charge in [0.05, 0.1) is 0 Å². The van der Waals surface area contributed by atoms with Crippen molar-refractivity contribution in [3.05, 3.63) is 66.0 Å².